The molecule has 0 radical (unpaired) electrons. The van der Waals surface area contributed by atoms with Gasteiger partial charge in [-0.25, -0.2) is 9.59 Å². The monoisotopic (exact) mass is 662 g/mol. The Labute approximate surface area is 271 Å². The Morgan fingerprint density at radius 2 is 1.40 bits per heavy atom. The molecule has 0 bridgehead atoms. The highest BCUT2D eigenvalue weighted by atomic mass is 19.4. The van der Waals surface area contributed by atoms with Crippen molar-refractivity contribution in [2.75, 3.05) is 30.4 Å². The number of carbonyl (C=O) groups is 2. The van der Waals surface area contributed by atoms with Gasteiger partial charge in [0.15, 0.2) is 6.61 Å². The van der Waals surface area contributed by atoms with E-state index in [1.54, 1.807) is 65.8 Å². The van der Waals surface area contributed by atoms with Crippen LogP contribution in [0.25, 0.3) is 0 Å². The van der Waals surface area contributed by atoms with Crippen LogP contribution in [0.4, 0.5) is 35.5 Å². The summed E-state index contributed by atoms with van der Waals surface area (Å²) in [7, 11) is 0. The quantitative estimate of drug-likeness (QED) is 0.124. The summed E-state index contributed by atoms with van der Waals surface area (Å²) in [6.07, 6.45) is -3.60. The van der Waals surface area contributed by atoms with E-state index in [0.717, 1.165) is 18.4 Å². The molecule has 3 rings (SSSR count). The predicted molar refractivity (Wildman–Crippen MR) is 169 cm³/mol. The largest absolute Gasteiger partial charge is 0.494 e. The van der Waals surface area contributed by atoms with Crippen LogP contribution in [0.3, 0.4) is 0 Å². The minimum atomic E-state index is -4.59. The second kappa shape index (κ2) is 16.1. The van der Waals surface area contributed by atoms with E-state index < -0.39 is 42.1 Å². The molecule has 3 N–H and O–H groups in total. The fraction of sp³-hybridized carbons (Fsp3) is 0.469. The third kappa shape index (κ3) is 14.9. The van der Waals surface area contributed by atoms with Gasteiger partial charge in [0.05, 0.1) is 12.2 Å². The van der Waals surface area contributed by atoms with Gasteiger partial charge in [0.25, 0.3) is 0 Å². The number of hydrogen-bond acceptors (Lipinski definition) is 11. The maximum Gasteiger partial charge on any atom is 0.422 e. The first kappa shape index (κ1) is 36.6. The van der Waals surface area contributed by atoms with E-state index >= 15 is 0 Å². The van der Waals surface area contributed by atoms with Crippen LogP contribution in [-0.4, -0.2) is 64.2 Å². The molecule has 0 aliphatic carbocycles. The zero-order valence-electron chi connectivity index (χ0n) is 27.3. The number of alkyl carbamates (subject to hydrolysis) is 1. The Bertz CT molecular complexity index is 1460. The van der Waals surface area contributed by atoms with Crippen LogP contribution in [0.1, 0.15) is 70.3 Å². The molecule has 0 fully saturated rings. The number of amides is 1. The molecule has 12 nitrogen and oxygen atoms in total. The number of aromatic nitrogens is 3. The van der Waals surface area contributed by atoms with E-state index in [1.165, 1.54) is 12.1 Å². The maximum atomic E-state index is 12.8. The summed E-state index contributed by atoms with van der Waals surface area (Å²) in [5.74, 6) is 0.0592. The summed E-state index contributed by atoms with van der Waals surface area (Å²) in [5.41, 5.74) is 0.404. The van der Waals surface area contributed by atoms with E-state index in [1.807, 2.05) is 12.1 Å². The molecular formula is C32H41F3N6O6. The molecule has 0 unspecified atom stereocenters. The number of alkyl halides is 3. The first-order chi connectivity index (χ1) is 21.9. The van der Waals surface area contributed by atoms with Crippen LogP contribution in [-0.2, 0) is 16.0 Å². The van der Waals surface area contributed by atoms with E-state index in [4.69, 9.17) is 18.9 Å². The zero-order chi connectivity index (χ0) is 34.7. The van der Waals surface area contributed by atoms with Gasteiger partial charge in [-0.1, -0.05) is 12.1 Å². The van der Waals surface area contributed by atoms with E-state index in [9.17, 15) is 22.8 Å². The van der Waals surface area contributed by atoms with Crippen molar-refractivity contribution in [1.29, 1.82) is 0 Å². The molecule has 0 spiro atoms. The number of esters is 1. The molecule has 0 atom stereocenters. The van der Waals surface area contributed by atoms with Gasteiger partial charge in [-0.05, 0) is 96.3 Å². The van der Waals surface area contributed by atoms with E-state index in [0.29, 0.717) is 30.2 Å². The number of anilines is 3. The molecule has 2 aromatic carbocycles. The van der Waals surface area contributed by atoms with Gasteiger partial charge in [-0.2, -0.15) is 28.1 Å². The fourth-order valence-electron chi connectivity index (χ4n) is 3.66. The van der Waals surface area contributed by atoms with Crippen molar-refractivity contribution < 1.29 is 41.7 Å². The number of nitrogens with zero attached hydrogens (tertiary/aromatic N) is 3. The molecule has 1 heterocycles. The standard InChI is InChI=1S/C32H41F3N6O6/c1-30(2,3)46-25(42)22-11-13-23(14-12-22)38-27-39-26(40-28(41-27)45-20-32(33,34)35)37-19-21-9-15-24(16-10-21)44-18-8-7-17-36-29(43)47-31(4,5)6/h9-16H,7-8,17-20H2,1-6H3,(H,36,43)(H2,37,38,39,40,41). The van der Waals surface area contributed by atoms with Gasteiger partial charge in [-0.15, -0.1) is 0 Å². The number of benzene rings is 2. The van der Waals surface area contributed by atoms with Gasteiger partial charge in [0, 0.05) is 18.8 Å². The van der Waals surface area contributed by atoms with Crippen molar-refractivity contribution in [3.8, 4) is 11.8 Å². The highest BCUT2D eigenvalue weighted by molar-refractivity contribution is 5.90. The number of hydrogen-bond donors (Lipinski definition) is 3. The second-order valence-corrected chi connectivity index (χ2v) is 12.4. The summed E-state index contributed by atoms with van der Waals surface area (Å²) in [5, 5.41) is 8.56. The number of unbranched alkanes of at least 4 members (excludes halogenated alkanes) is 1. The lowest BCUT2D eigenvalue weighted by Gasteiger charge is -2.19. The number of halogens is 3. The number of carbonyl (C=O) groups excluding carboxylic acids is 2. The summed E-state index contributed by atoms with van der Waals surface area (Å²) >= 11 is 0. The predicted octanol–water partition coefficient (Wildman–Crippen LogP) is 6.81. The Hall–Kier alpha value is -4.82. The van der Waals surface area contributed by atoms with Crippen LogP contribution < -0.4 is 25.4 Å². The minimum absolute atomic E-state index is 0.0228. The van der Waals surface area contributed by atoms with Gasteiger partial charge in [0.2, 0.25) is 11.9 Å². The molecule has 256 valence electrons. The summed E-state index contributed by atoms with van der Waals surface area (Å²) in [6, 6.07) is 12.9. The highest BCUT2D eigenvalue weighted by Gasteiger charge is 2.29. The Morgan fingerprint density at radius 1 is 0.766 bits per heavy atom. The molecule has 1 amide bonds. The molecule has 0 saturated carbocycles. The van der Waals surface area contributed by atoms with Crippen molar-refractivity contribution in [1.82, 2.24) is 20.3 Å². The van der Waals surface area contributed by atoms with Crippen LogP contribution in [0, 0.1) is 0 Å². The van der Waals surface area contributed by atoms with Crippen molar-refractivity contribution in [2.24, 2.45) is 0 Å². The Morgan fingerprint density at radius 3 is 2.02 bits per heavy atom. The van der Waals surface area contributed by atoms with Crippen LogP contribution >= 0.6 is 0 Å². The third-order valence-corrected chi connectivity index (χ3v) is 5.64. The van der Waals surface area contributed by atoms with E-state index in [-0.39, 0.29) is 18.4 Å². The molecular weight excluding hydrogens is 621 g/mol. The summed E-state index contributed by atoms with van der Waals surface area (Å²) in [4.78, 5) is 36.1. The molecule has 1 aromatic heterocycles. The average Bonchev–Trinajstić information content (AvgIpc) is 2.95. The SMILES string of the molecule is CC(C)(C)OC(=O)NCCCCOc1ccc(CNc2nc(Nc3ccc(C(=O)OC(C)(C)C)cc3)nc(OCC(F)(F)F)n2)cc1. The van der Waals surface area contributed by atoms with Gasteiger partial charge >= 0.3 is 24.2 Å². The lowest BCUT2D eigenvalue weighted by molar-refractivity contribution is -0.154. The number of nitrogens with one attached hydrogen (secondary N) is 3. The van der Waals surface area contributed by atoms with Crippen LogP contribution in [0.2, 0.25) is 0 Å². The number of ether oxygens (including phenoxy) is 4. The topological polar surface area (TPSA) is 146 Å². The first-order valence-electron chi connectivity index (χ1n) is 14.9. The Balaban J connectivity index is 1.56. The number of rotatable bonds is 14. The fourth-order valence-corrected chi connectivity index (χ4v) is 3.66. The molecule has 15 heteroatoms. The van der Waals surface area contributed by atoms with Crippen molar-refractivity contribution in [3.63, 3.8) is 0 Å². The smallest absolute Gasteiger partial charge is 0.422 e. The first-order valence-corrected chi connectivity index (χ1v) is 14.9. The molecule has 0 saturated heterocycles. The lowest BCUT2D eigenvalue weighted by atomic mass is 10.1. The summed E-state index contributed by atoms with van der Waals surface area (Å²) in [6.45, 7) is 10.3. The molecule has 47 heavy (non-hydrogen) atoms. The van der Waals surface area contributed by atoms with Crippen molar-refractivity contribution in [2.45, 2.75) is 78.3 Å². The van der Waals surface area contributed by atoms with Gasteiger partial charge < -0.3 is 34.9 Å². The van der Waals surface area contributed by atoms with Gasteiger partial charge in [0.1, 0.15) is 17.0 Å². The minimum Gasteiger partial charge on any atom is -0.494 e. The third-order valence-electron chi connectivity index (χ3n) is 5.64. The average molecular weight is 663 g/mol. The van der Waals surface area contributed by atoms with Crippen LogP contribution in [0.5, 0.6) is 11.8 Å². The van der Waals surface area contributed by atoms with Gasteiger partial charge in [-0.3, -0.25) is 0 Å². The highest BCUT2D eigenvalue weighted by Crippen LogP contribution is 2.22. The van der Waals surface area contributed by atoms with Crippen LogP contribution in [0.15, 0.2) is 48.5 Å². The Kier molecular flexibility index (Phi) is 12.6. The van der Waals surface area contributed by atoms with E-state index in [2.05, 4.69) is 30.9 Å². The van der Waals surface area contributed by atoms with Crippen molar-refractivity contribution >= 4 is 29.6 Å². The molecule has 3 aromatic rings. The lowest BCUT2D eigenvalue weighted by Crippen LogP contribution is -2.33. The maximum absolute atomic E-state index is 12.8. The molecule has 0 aliphatic rings. The normalized spacial score (nSPS) is 11.8. The molecule has 0 aliphatic heterocycles. The van der Waals surface area contributed by atoms with Crippen molar-refractivity contribution in [3.05, 3.63) is 59.7 Å². The second-order valence-electron chi connectivity index (χ2n) is 12.4. The summed E-state index contributed by atoms with van der Waals surface area (Å²) < 4.78 is 59.5. The zero-order valence-corrected chi connectivity index (χ0v) is 27.3.